The van der Waals surface area contributed by atoms with Crippen molar-refractivity contribution in [3.8, 4) is 5.75 Å². The lowest BCUT2D eigenvalue weighted by molar-refractivity contribution is 0.0429. The second-order valence-corrected chi connectivity index (χ2v) is 6.95. The summed E-state index contributed by atoms with van der Waals surface area (Å²) in [6.45, 7) is 9.65. The van der Waals surface area contributed by atoms with Gasteiger partial charge in [0.25, 0.3) is 0 Å². The van der Waals surface area contributed by atoms with E-state index in [9.17, 15) is 5.11 Å². The molecule has 1 N–H and O–H groups in total. The summed E-state index contributed by atoms with van der Waals surface area (Å²) in [5.41, 5.74) is 0.988. The number of piperidine rings is 1. The van der Waals surface area contributed by atoms with Crippen LogP contribution in [0.5, 0.6) is 5.75 Å². The molecule has 2 rings (SSSR count). The van der Waals surface area contributed by atoms with Crippen LogP contribution in [0.4, 0.5) is 0 Å². The number of aliphatic hydroxyl groups is 1. The third-order valence-electron chi connectivity index (χ3n) is 3.99. The second-order valence-electron chi connectivity index (χ2n) is 6.54. The number of aliphatic hydroxyl groups excluding tert-OH is 1. The number of likely N-dealkylation sites (tertiary alicyclic amines) is 1. The normalized spacial score (nSPS) is 24.8. The van der Waals surface area contributed by atoms with Gasteiger partial charge in [0.05, 0.1) is 0 Å². The van der Waals surface area contributed by atoms with E-state index in [0.717, 1.165) is 29.4 Å². The zero-order chi connectivity index (χ0) is 15.4. The van der Waals surface area contributed by atoms with Gasteiger partial charge in [-0.05, 0) is 48.9 Å². The lowest BCUT2D eigenvalue weighted by atomic mass is 9.92. The van der Waals surface area contributed by atoms with Crippen molar-refractivity contribution in [1.29, 1.82) is 0 Å². The molecule has 3 nitrogen and oxygen atoms in total. The molecule has 1 fully saturated rings. The second kappa shape index (κ2) is 7.48. The van der Waals surface area contributed by atoms with Crippen molar-refractivity contribution in [3.63, 3.8) is 0 Å². The highest BCUT2D eigenvalue weighted by atomic mass is 35.5. The van der Waals surface area contributed by atoms with Crippen LogP contribution in [-0.2, 0) is 0 Å². The van der Waals surface area contributed by atoms with Crippen molar-refractivity contribution in [2.45, 2.75) is 33.3 Å². The number of β-amino-alcohol motifs (C(OH)–C–C–N with tert-alkyl or cyclic N) is 1. The summed E-state index contributed by atoms with van der Waals surface area (Å²) in [7, 11) is 0. The molecule has 0 bridgehead atoms. The molecule has 0 amide bonds. The summed E-state index contributed by atoms with van der Waals surface area (Å²) in [5, 5.41) is 10.9. The van der Waals surface area contributed by atoms with Crippen LogP contribution < -0.4 is 4.74 Å². The Hall–Kier alpha value is -0.770. The van der Waals surface area contributed by atoms with Gasteiger partial charge in [-0.25, -0.2) is 0 Å². The molecule has 1 aliphatic heterocycles. The van der Waals surface area contributed by atoms with Crippen molar-refractivity contribution in [3.05, 3.63) is 28.8 Å². The van der Waals surface area contributed by atoms with E-state index in [1.807, 2.05) is 25.1 Å². The molecule has 0 aliphatic carbocycles. The smallest absolute Gasteiger partial charge is 0.119 e. The number of ether oxygens (including phenoxy) is 1. The molecular formula is C17H26ClNO2. The van der Waals surface area contributed by atoms with E-state index in [0.29, 0.717) is 25.0 Å². The van der Waals surface area contributed by atoms with Crippen molar-refractivity contribution < 1.29 is 9.84 Å². The number of benzene rings is 1. The largest absolute Gasteiger partial charge is 0.491 e. The molecule has 1 saturated heterocycles. The summed E-state index contributed by atoms with van der Waals surface area (Å²) in [6, 6.07) is 5.57. The summed E-state index contributed by atoms with van der Waals surface area (Å²) in [6.07, 6.45) is 0.825. The Balaban J connectivity index is 1.79. The minimum absolute atomic E-state index is 0.320. The minimum Gasteiger partial charge on any atom is -0.491 e. The maximum Gasteiger partial charge on any atom is 0.119 e. The zero-order valence-electron chi connectivity index (χ0n) is 13.2. The van der Waals surface area contributed by atoms with Gasteiger partial charge in [0.15, 0.2) is 0 Å². The Labute approximate surface area is 132 Å². The Morgan fingerprint density at radius 2 is 2.00 bits per heavy atom. The maximum absolute atomic E-state index is 10.2. The standard InChI is InChI=1S/C17H26ClNO2/c1-12-6-13(2)9-19(8-12)10-15(20)11-21-16-4-5-17(18)14(3)7-16/h4-5,7,12-13,15,20H,6,8-11H2,1-3H3/t12-,13+,15-/m0/s1. The van der Waals surface area contributed by atoms with Crippen LogP contribution >= 0.6 is 11.6 Å². The SMILES string of the molecule is Cc1cc(OC[C@@H](O)CN2C[C@H](C)C[C@H](C)C2)ccc1Cl. The van der Waals surface area contributed by atoms with Crippen molar-refractivity contribution >= 4 is 11.6 Å². The van der Waals surface area contributed by atoms with Crippen molar-refractivity contribution in [2.75, 3.05) is 26.2 Å². The van der Waals surface area contributed by atoms with Crippen molar-refractivity contribution in [2.24, 2.45) is 11.8 Å². The summed E-state index contributed by atoms with van der Waals surface area (Å²) in [5.74, 6) is 2.18. The van der Waals surface area contributed by atoms with E-state index >= 15 is 0 Å². The number of nitrogens with zero attached hydrogens (tertiary/aromatic N) is 1. The van der Waals surface area contributed by atoms with Crippen LogP contribution in [0.2, 0.25) is 5.02 Å². The fraction of sp³-hybridized carbons (Fsp3) is 0.647. The van der Waals surface area contributed by atoms with Crippen LogP contribution in [0.3, 0.4) is 0 Å². The molecule has 21 heavy (non-hydrogen) atoms. The first kappa shape index (κ1) is 16.6. The lowest BCUT2D eigenvalue weighted by Gasteiger charge is -2.35. The molecule has 1 aromatic carbocycles. The topological polar surface area (TPSA) is 32.7 Å². The first-order valence-electron chi connectivity index (χ1n) is 7.73. The quantitative estimate of drug-likeness (QED) is 0.905. The zero-order valence-corrected chi connectivity index (χ0v) is 13.9. The lowest BCUT2D eigenvalue weighted by Crippen LogP contribution is -2.44. The fourth-order valence-corrected chi connectivity index (χ4v) is 3.31. The summed E-state index contributed by atoms with van der Waals surface area (Å²) < 4.78 is 5.66. The highest BCUT2D eigenvalue weighted by Gasteiger charge is 2.23. The van der Waals surface area contributed by atoms with Gasteiger partial charge in [-0.15, -0.1) is 0 Å². The predicted molar refractivity (Wildman–Crippen MR) is 87.1 cm³/mol. The Bertz CT molecular complexity index is 456. The first-order valence-corrected chi connectivity index (χ1v) is 8.11. The van der Waals surface area contributed by atoms with Crippen LogP contribution in [0, 0.1) is 18.8 Å². The number of aryl methyl sites for hydroxylation is 1. The van der Waals surface area contributed by atoms with Gasteiger partial charge < -0.3 is 14.7 Å². The minimum atomic E-state index is -0.460. The first-order chi connectivity index (χ1) is 9.94. The summed E-state index contributed by atoms with van der Waals surface area (Å²) >= 11 is 5.99. The molecule has 1 aromatic rings. The van der Waals surface area contributed by atoms with Crippen LogP contribution in [0.15, 0.2) is 18.2 Å². The number of halogens is 1. The van der Waals surface area contributed by atoms with E-state index in [1.54, 1.807) is 0 Å². The molecule has 0 spiro atoms. The fourth-order valence-electron chi connectivity index (χ4n) is 3.19. The highest BCUT2D eigenvalue weighted by molar-refractivity contribution is 6.31. The van der Waals surface area contributed by atoms with Crippen LogP contribution in [0.25, 0.3) is 0 Å². The summed E-state index contributed by atoms with van der Waals surface area (Å²) in [4.78, 5) is 2.35. The van der Waals surface area contributed by atoms with Gasteiger partial charge in [-0.3, -0.25) is 0 Å². The Morgan fingerprint density at radius 1 is 1.33 bits per heavy atom. The van der Waals surface area contributed by atoms with E-state index in [2.05, 4.69) is 18.7 Å². The molecular weight excluding hydrogens is 286 g/mol. The average molecular weight is 312 g/mol. The molecule has 1 heterocycles. The third-order valence-corrected chi connectivity index (χ3v) is 4.41. The van der Waals surface area contributed by atoms with Crippen LogP contribution in [0.1, 0.15) is 25.8 Å². The van der Waals surface area contributed by atoms with Gasteiger partial charge in [0, 0.05) is 24.7 Å². The Morgan fingerprint density at radius 3 is 2.62 bits per heavy atom. The number of hydrogen-bond donors (Lipinski definition) is 1. The predicted octanol–water partition coefficient (Wildman–Crippen LogP) is 3.37. The van der Waals surface area contributed by atoms with Gasteiger partial charge in [-0.1, -0.05) is 25.4 Å². The molecule has 1 aliphatic rings. The highest BCUT2D eigenvalue weighted by Crippen LogP contribution is 2.22. The van der Waals surface area contributed by atoms with Gasteiger partial charge in [0.1, 0.15) is 18.5 Å². The van der Waals surface area contributed by atoms with Crippen LogP contribution in [-0.4, -0.2) is 42.4 Å². The molecule has 0 unspecified atom stereocenters. The van der Waals surface area contributed by atoms with Crippen molar-refractivity contribution in [1.82, 2.24) is 4.90 Å². The average Bonchev–Trinajstić information content (AvgIpc) is 2.39. The van der Waals surface area contributed by atoms with Gasteiger partial charge in [0.2, 0.25) is 0 Å². The van der Waals surface area contributed by atoms with E-state index in [1.165, 1.54) is 6.42 Å². The van der Waals surface area contributed by atoms with E-state index in [-0.39, 0.29) is 0 Å². The van der Waals surface area contributed by atoms with Gasteiger partial charge in [-0.2, -0.15) is 0 Å². The number of rotatable bonds is 5. The maximum atomic E-state index is 10.2. The number of hydrogen-bond acceptors (Lipinski definition) is 3. The monoisotopic (exact) mass is 311 g/mol. The molecule has 0 aromatic heterocycles. The molecule has 3 atom stereocenters. The molecule has 0 saturated carbocycles. The van der Waals surface area contributed by atoms with E-state index < -0.39 is 6.10 Å². The van der Waals surface area contributed by atoms with Gasteiger partial charge >= 0.3 is 0 Å². The molecule has 0 radical (unpaired) electrons. The molecule has 118 valence electrons. The third kappa shape index (κ3) is 5.17. The Kier molecular flexibility index (Phi) is 5.91. The molecule has 4 heteroatoms. The van der Waals surface area contributed by atoms with E-state index in [4.69, 9.17) is 16.3 Å².